The van der Waals surface area contributed by atoms with Gasteiger partial charge in [-0.3, -0.25) is 19.8 Å². The number of nitro benzene ring substituents is 1. The monoisotopic (exact) mass is 1010 g/mol. The van der Waals surface area contributed by atoms with Crippen molar-refractivity contribution in [2.24, 2.45) is 17.3 Å². The number of piperidine rings is 1. The van der Waals surface area contributed by atoms with E-state index in [9.17, 15) is 28.4 Å². The number of sulfonamides is 1. The van der Waals surface area contributed by atoms with Gasteiger partial charge < -0.3 is 34.5 Å². The Morgan fingerprint density at radius 1 is 1.01 bits per heavy atom. The molecule has 5 heterocycles. The summed E-state index contributed by atoms with van der Waals surface area (Å²) in [6.45, 7) is 13.3. The Bertz CT molecular complexity index is 2970. The zero-order valence-electron chi connectivity index (χ0n) is 41.7. The molecule has 2 aliphatic carbocycles. The van der Waals surface area contributed by atoms with Crippen LogP contribution in [0.25, 0.3) is 11.0 Å². The maximum Gasteiger partial charge on any atom is 0.297 e. The topological polar surface area (TPSA) is 201 Å². The van der Waals surface area contributed by atoms with E-state index in [0.717, 1.165) is 57.1 Å². The Labute approximate surface area is 420 Å². The first kappa shape index (κ1) is 49.6. The van der Waals surface area contributed by atoms with Crippen LogP contribution in [0.1, 0.15) is 132 Å². The fourth-order valence-electron chi connectivity index (χ4n) is 11.9. The van der Waals surface area contributed by atoms with Crippen molar-refractivity contribution in [3.8, 4) is 23.1 Å². The van der Waals surface area contributed by atoms with Crippen molar-refractivity contribution in [2.75, 3.05) is 43.1 Å². The van der Waals surface area contributed by atoms with Gasteiger partial charge in [0.1, 0.15) is 23.8 Å². The molecule has 4 fully saturated rings. The largest absolute Gasteiger partial charge is 0.489 e. The van der Waals surface area contributed by atoms with Gasteiger partial charge in [-0.25, -0.2) is 17.5 Å². The number of aliphatic hydroxyl groups is 1. The van der Waals surface area contributed by atoms with E-state index in [1.54, 1.807) is 19.1 Å². The van der Waals surface area contributed by atoms with E-state index in [-0.39, 0.29) is 81.9 Å². The van der Waals surface area contributed by atoms with Crippen LogP contribution in [0.2, 0.25) is 0 Å². The molecule has 1 amide bonds. The summed E-state index contributed by atoms with van der Waals surface area (Å²) in [6, 6.07) is 18.1. The van der Waals surface area contributed by atoms with Gasteiger partial charge in [0.25, 0.3) is 27.5 Å². The maximum absolute atomic E-state index is 15.1. The highest BCUT2D eigenvalue weighted by Gasteiger charge is 2.50. The summed E-state index contributed by atoms with van der Waals surface area (Å²) in [7, 11) is -4.76. The normalized spacial score (nSPS) is 23.4. The van der Waals surface area contributed by atoms with E-state index in [0.29, 0.717) is 43.7 Å². The van der Waals surface area contributed by atoms with Gasteiger partial charge in [0.2, 0.25) is 0 Å². The Morgan fingerprint density at radius 2 is 1.76 bits per heavy atom. The van der Waals surface area contributed by atoms with Crippen molar-refractivity contribution >= 4 is 44.0 Å². The number of carbonyl (C=O) groups is 1. The van der Waals surface area contributed by atoms with E-state index < -0.39 is 42.9 Å². The molecular formula is C54H66FN7O9S. The Hall–Kier alpha value is -5.98. The minimum Gasteiger partial charge on any atom is -0.489 e. The number of hydrogen-bond donors (Lipinski definition) is 4. The number of pyridine rings is 1. The molecule has 3 aromatic carbocycles. The minimum atomic E-state index is -4.76. The standard InChI is InChI=1S/C54H66FN7O9S/c1-32(2)30-70-52-48(26-41-42(55)29-56-50(41)58-52)71-46-23-35(60-21-18-54(19-22-60)27-36(28-54)61-20-8-11-44(61)39-10-7-6-9-38(39)33(3)4)12-13-40(46)51(63)59-72(67,68)37-24-45(62(65)66)49-47(25-37)69-31-43(57-49)34-14-16-53(5,64)17-15-34/h6-7,9-10,12-13,23-26,29,32-34,36,43-44,57,64H,8,11,14-22,27-28,30-31H2,1-5H3,(H,56,58)(H,59,63)/t34-,43-,44-,53-/m1/s1. The minimum absolute atomic E-state index is 0.0110. The van der Waals surface area contributed by atoms with Gasteiger partial charge in [-0.2, -0.15) is 4.98 Å². The van der Waals surface area contributed by atoms with Crippen LogP contribution in [0.3, 0.4) is 0 Å². The number of rotatable bonds is 14. The lowest BCUT2D eigenvalue weighted by atomic mass is 9.59. The van der Waals surface area contributed by atoms with Gasteiger partial charge in [0, 0.05) is 61.3 Å². The zero-order valence-corrected chi connectivity index (χ0v) is 42.5. The lowest BCUT2D eigenvalue weighted by molar-refractivity contribution is -0.384. The van der Waals surface area contributed by atoms with Gasteiger partial charge in [0.15, 0.2) is 17.2 Å². The fourth-order valence-corrected chi connectivity index (χ4v) is 12.9. The van der Waals surface area contributed by atoms with Crippen LogP contribution in [0.4, 0.5) is 21.5 Å². The van der Waals surface area contributed by atoms with Crippen LogP contribution < -0.4 is 29.1 Å². The molecule has 2 atom stereocenters. The van der Waals surface area contributed by atoms with Gasteiger partial charge in [-0.1, -0.05) is 52.0 Å². The van der Waals surface area contributed by atoms with E-state index in [4.69, 9.17) is 14.2 Å². The number of likely N-dealkylation sites (tertiary alicyclic amines) is 1. The third-order valence-electron chi connectivity index (χ3n) is 16.0. The number of fused-ring (bicyclic) bond motifs is 2. The number of aromatic amines is 1. The molecule has 384 valence electrons. The van der Waals surface area contributed by atoms with Crippen LogP contribution in [0, 0.1) is 33.2 Å². The smallest absolute Gasteiger partial charge is 0.297 e. The molecule has 2 saturated heterocycles. The second kappa shape index (κ2) is 19.5. The first-order chi connectivity index (χ1) is 34.4. The van der Waals surface area contributed by atoms with Gasteiger partial charge in [-0.05, 0) is 124 Å². The number of aromatic nitrogens is 2. The van der Waals surface area contributed by atoms with Crippen molar-refractivity contribution in [3.05, 3.63) is 99.5 Å². The quantitative estimate of drug-likeness (QED) is 0.0605. The predicted octanol–water partition coefficient (Wildman–Crippen LogP) is 10.4. The molecule has 2 aromatic heterocycles. The van der Waals surface area contributed by atoms with Crippen molar-refractivity contribution in [3.63, 3.8) is 0 Å². The van der Waals surface area contributed by atoms with E-state index in [1.807, 2.05) is 13.8 Å². The van der Waals surface area contributed by atoms with Gasteiger partial charge in [0.05, 0.1) is 39.0 Å². The first-order valence-corrected chi connectivity index (χ1v) is 27.1. The van der Waals surface area contributed by atoms with E-state index in [1.165, 1.54) is 48.4 Å². The number of halogens is 1. The number of nitrogens with one attached hydrogen (secondary N) is 3. The molecule has 0 bridgehead atoms. The predicted molar refractivity (Wildman–Crippen MR) is 272 cm³/mol. The summed E-state index contributed by atoms with van der Waals surface area (Å²) in [6.07, 6.45) is 10.4. The van der Waals surface area contributed by atoms with Crippen LogP contribution in [-0.4, -0.2) is 89.8 Å². The highest BCUT2D eigenvalue weighted by atomic mass is 32.2. The molecule has 0 unspecified atom stereocenters. The lowest BCUT2D eigenvalue weighted by Gasteiger charge is -2.56. The molecule has 4 N–H and O–H groups in total. The molecule has 10 rings (SSSR count). The number of ether oxygens (including phenoxy) is 3. The number of benzene rings is 3. The van der Waals surface area contributed by atoms with Gasteiger partial charge >= 0.3 is 0 Å². The number of anilines is 2. The first-order valence-electron chi connectivity index (χ1n) is 25.6. The summed E-state index contributed by atoms with van der Waals surface area (Å²) >= 11 is 0. The third-order valence-corrected chi connectivity index (χ3v) is 17.3. The molecule has 3 aliphatic heterocycles. The van der Waals surface area contributed by atoms with E-state index in [2.05, 4.69) is 67.9 Å². The van der Waals surface area contributed by atoms with Crippen LogP contribution in [0.5, 0.6) is 23.1 Å². The number of amides is 1. The molecule has 0 radical (unpaired) electrons. The molecule has 1 spiro atoms. The fraction of sp³-hybridized carbons (Fsp3) is 0.519. The van der Waals surface area contributed by atoms with Crippen LogP contribution >= 0.6 is 0 Å². The Kier molecular flexibility index (Phi) is 13.4. The average molecular weight is 1010 g/mol. The summed E-state index contributed by atoms with van der Waals surface area (Å²) in [5, 5.41) is 26.3. The second-order valence-electron chi connectivity index (χ2n) is 21.9. The van der Waals surface area contributed by atoms with Crippen LogP contribution in [-0.2, 0) is 10.0 Å². The summed E-state index contributed by atoms with van der Waals surface area (Å²) in [4.78, 5) is 37.9. The van der Waals surface area contributed by atoms with Crippen molar-refractivity contribution in [1.29, 1.82) is 0 Å². The number of nitro groups is 1. The summed E-state index contributed by atoms with van der Waals surface area (Å²) < 4.78 is 64.0. The molecule has 18 heteroatoms. The summed E-state index contributed by atoms with van der Waals surface area (Å²) in [5.74, 6) is -1.01. The van der Waals surface area contributed by atoms with Crippen molar-refractivity contribution in [2.45, 2.75) is 133 Å². The van der Waals surface area contributed by atoms with Crippen LogP contribution in [0.15, 0.2) is 71.8 Å². The van der Waals surface area contributed by atoms with Crippen molar-refractivity contribution in [1.82, 2.24) is 19.6 Å². The molecule has 72 heavy (non-hydrogen) atoms. The second-order valence-corrected chi connectivity index (χ2v) is 23.6. The lowest BCUT2D eigenvalue weighted by Crippen LogP contribution is -2.54. The number of carbonyl (C=O) groups excluding carboxylic acids is 1. The van der Waals surface area contributed by atoms with E-state index >= 15 is 4.39 Å². The molecule has 5 aromatic rings. The number of H-pyrrole nitrogens is 1. The Morgan fingerprint density at radius 3 is 2.49 bits per heavy atom. The average Bonchev–Trinajstić information content (AvgIpc) is 3.97. The van der Waals surface area contributed by atoms with Crippen molar-refractivity contribution < 1.29 is 41.8 Å². The highest BCUT2D eigenvalue weighted by Crippen LogP contribution is 2.54. The number of hydrogen-bond acceptors (Lipinski definition) is 13. The molecule has 16 nitrogen and oxygen atoms in total. The molecular weight excluding hydrogens is 942 g/mol. The molecule has 2 saturated carbocycles. The third kappa shape index (κ3) is 9.93. The summed E-state index contributed by atoms with van der Waals surface area (Å²) in [5.41, 5.74) is 2.71. The number of nitrogens with zero attached hydrogens (tertiary/aromatic N) is 4. The highest BCUT2D eigenvalue weighted by molar-refractivity contribution is 7.90. The zero-order chi connectivity index (χ0) is 50.7. The molecule has 5 aliphatic rings. The maximum atomic E-state index is 15.1. The van der Waals surface area contributed by atoms with Gasteiger partial charge in [-0.15, -0.1) is 0 Å². The SMILES string of the molecule is CC(C)COc1nc2[nH]cc(F)c2cc1Oc1cc(N2CCC3(CC2)CC(N2CCC[C@@H]2c2ccccc2C(C)C)C3)ccc1C(=O)NS(=O)(=O)c1cc2c(c([N+](=O)[O-])c1)N[C@@H]([C@H]1CC[C@](C)(O)CC1)CO2. The Balaban J connectivity index is 0.900.